The first kappa shape index (κ1) is 21.1. The molecule has 148 valence electrons. The quantitative estimate of drug-likeness (QED) is 0.685. The summed E-state index contributed by atoms with van der Waals surface area (Å²) < 4.78 is 0. The van der Waals surface area contributed by atoms with E-state index in [4.69, 9.17) is 0 Å². The van der Waals surface area contributed by atoms with E-state index in [9.17, 15) is 14.4 Å². The smallest absolute Gasteiger partial charge is 0.251 e. The first-order chi connectivity index (χ1) is 13.3. The third-order valence-electron chi connectivity index (χ3n) is 4.34. The van der Waals surface area contributed by atoms with Crippen LogP contribution < -0.4 is 16.0 Å². The van der Waals surface area contributed by atoms with E-state index in [1.807, 2.05) is 32.0 Å². The molecule has 7 nitrogen and oxygen atoms in total. The Morgan fingerprint density at radius 1 is 0.929 bits per heavy atom. The van der Waals surface area contributed by atoms with Gasteiger partial charge in [-0.05, 0) is 56.3 Å². The molecule has 0 atom stereocenters. The monoisotopic (exact) mass is 382 g/mol. The van der Waals surface area contributed by atoms with Gasteiger partial charge in [0.05, 0.1) is 13.1 Å². The van der Waals surface area contributed by atoms with Crippen LogP contribution in [0.1, 0.15) is 21.5 Å². The van der Waals surface area contributed by atoms with Crippen molar-refractivity contribution in [3.05, 3.63) is 59.2 Å². The molecule has 0 radical (unpaired) electrons. The zero-order valence-electron chi connectivity index (χ0n) is 16.6. The number of carbonyl (C=O) groups excluding carboxylic acids is 3. The van der Waals surface area contributed by atoms with Crippen molar-refractivity contribution in [3.63, 3.8) is 0 Å². The number of likely N-dealkylation sites (N-methyl/N-ethyl adjacent to an activating group) is 1. The number of amides is 3. The minimum absolute atomic E-state index is 0.0461. The van der Waals surface area contributed by atoms with Crippen LogP contribution in [0.3, 0.4) is 0 Å². The van der Waals surface area contributed by atoms with Crippen molar-refractivity contribution in [1.29, 1.82) is 0 Å². The standard InChI is InChI=1S/C21H26N4O3/c1-14-7-5-10-18(15(14)2)24-20(27)13-25(4)12-19(26)23-17-9-6-8-16(11-17)21(28)22-3/h5-11H,12-13H2,1-4H3,(H,22,28)(H,23,26)(H,24,27). The maximum atomic E-state index is 12.2. The summed E-state index contributed by atoms with van der Waals surface area (Å²) in [5.41, 5.74) is 3.88. The average Bonchev–Trinajstić information content (AvgIpc) is 2.64. The molecule has 28 heavy (non-hydrogen) atoms. The number of benzene rings is 2. The minimum Gasteiger partial charge on any atom is -0.355 e. The Morgan fingerprint density at radius 2 is 1.57 bits per heavy atom. The number of rotatable bonds is 7. The van der Waals surface area contributed by atoms with Gasteiger partial charge in [0, 0.05) is 24.0 Å². The Morgan fingerprint density at radius 3 is 2.25 bits per heavy atom. The van der Waals surface area contributed by atoms with E-state index < -0.39 is 0 Å². The summed E-state index contributed by atoms with van der Waals surface area (Å²) in [5.74, 6) is -0.682. The number of aryl methyl sites for hydroxylation is 1. The third kappa shape index (κ3) is 5.92. The molecule has 0 fully saturated rings. The minimum atomic E-state index is -0.268. The molecule has 0 saturated carbocycles. The van der Waals surface area contributed by atoms with E-state index in [1.165, 1.54) is 0 Å². The van der Waals surface area contributed by atoms with Gasteiger partial charge < -0.3 is 16.0 Å². The van der Waals surface area contributed by atoms with E-state index in [0.29, 0.717) is 11.3 Å². The van der Waals surface area contributed by atoms with Crippen LogP contribution in [0.15, 0.2) is 42.5 Å². The third-order valence-corrected chi connectivity index (χ3v) is 4.34. The summed E-state index contributed by atoms with van der Waals surface area (Å²) in [4.78, 5) is 37.8. The van der Waals surface area contributed by atoms with Gasteiger partial charge in [0.25, 0.3) is 5.91 Å². The Kier molecular flexibility index (Phi) is 7.28. The van der Waals surface area contributed by atoms with Crippen molar-refractivity contribution in [3.8, 4) is 0 Å². The lowest BCUT2D eigenvalue weighted by atomic mass is 10.1. The molecule has 0 spiro atoms. The molecule has 2 aromatic carbocycles. The van der Waals surface area contributed by atoms with Gasteiger partial charge in [0.2, 0.25) is 11.8 Å². The number of hydrogen-bond acceptors (Lipinski definition) is 4. The highest BCUT2D eigenvalue weighted by atomic mass is 16.2. The Hall–Kier alpha value is -3.19. The fourth-order valence-electron chi connectivity index (χ4n) is 2.71. The van der Waals surface area contributed by atoms with E-state index in [-0.39, 0.29) is 30.8 Å². The lowest BCUT2D eigenvalue weighted by molar-refractivity contribution is -0.119. The second-order valence-corrected chi connectivity index (χ2v) is 6.68. The predicted octanol–water partition coefficient (Wildman–Crippen LogP) is 2.17. The first-order valence-corrected chi connectivity index (χ1v) is 8.96. The number of nitrogens with one attached hydrogen (secondary N) is 3. The molecule has 2 rings (SSSR count). The fourth-order valence-corrected chi connectivity index (χ4v) is 2.71. The van der Waals surface area contributed by atoms with Crippen molar-refractivity contribution in [1.82, 2.24) is 10.2 Å². The van der Waals surface area contributed by atoms with Gasteiger partial charge in [-0.15, -0.1) is 0 Å². The molecular weight excluding hydrogens is 356 g/mol. The van der Waals surface area contributed by atoms with Gasteiger partial charge in [0.15, 0.2) is 0 Å². The molecule has 3 amide bonds. The summed E-state index contributed by atoms with van der Waals surface area (Å²) in [6.45, 7) is 4.07. The second-order valence-electron chi connectivity index (χ2n) is 6.68. The van der Waals surface area contributed by atoms with Crippen LogP contribution >= 0.6 is 0 Å². The van der Waals surface area contributed by atoms with Gasteiger partial charge in [-0.1, -0.05) is 18.2 Å². The lowest BCUT2D eigenvalue weighted by Gasteiger charge is -2.17. The van der Waals surface area contributed by atoms with Crippen molar-refractivity contribution >= 4 is 29.1 Å². The zero-order valence-corrected chi connectivity index (χ0v) is 16.6. The average molecular weight is 382 g/mol. The van der Waals surface area contributed by atoms with Crippen LogP contribution in [0.25, 0.3) is 0 Å². The van der Waals surface area contributed by atoms with Crippen LogP contribution in [0.5, 0.6) is 0 Å². The van der Waals surface area contributed by atoms with Crippen LogP contribution in [0.2, 0.25) is 0 Å². The van der Waals surface area contributed by atoms with Crippen molar-refractivity contribution in [2.75, 3.05) is 37.8 Å². The topological polar surface area (TPSA) is 90.5 Å². The van der Waals surface area contributed by atoms with Crippen LogP contribution in [-0.4, -0.2) is 49.8 Å². The summed E-state index contributed by atoms with van der Waals surface area (Å²) in [5, 5.41) is 8.15. The van der Waals surface area contributed by atoms with Crippen molar-refractivity contribution in [2.24, 2.45) is 0 Å². The molecule has 0 heterocycles. The Bertz CT molecular complexity index is 880. The molecular formula is C21H26N4O3. The molecule has 0 bridgehead atoms. The SMILES string of the molecule is CNC(=O)c1cccc(NC(=O)CN(C)CC(=O)Nc2cccc(C)c2C)c1. The number of hydrogen-bond donors (Lipinski definition) is 3. The highest BCUT2D eigenvalue weighted by Gasteiger charge is 2.13. The summed E-state index contributed by atoms with van der Waals surface area (Å²) in [7, 11) is 3.25. The van der Waals surface area contributed by atoms with Gasteiger partial charge >= 0.3 is 0 Å². The number of anilines is 2. The second kappa shape index (κ2) is 9.66. The normalized spacial score (nSPS) is 10.5. The zero-order chi connectivity index (χ0) is 20.7. The van der Waals surface area contributed by atoms with E-state index >= 15 is 0 Å². The molecule has 0 aliphatic heterocycles. The fraction of sp³-hybridized carbons (Fsp3) is 0.286. The molecule has 0 aromatic heterocycles. The largest absolute Gasteiger partial charge is 0.355 e. The molecule has 0 aliphatic rings. The summed E-state index contributed by atoms with van der Waals surface area (Å²) >= 11 is 0. The number of carbonyl (C=O) groups is 3. The Labute approximate surface area is 165 Å². The van der Waals surface area contributed by atoms with E-state index in [1.54, 1.807) is 43.3 Å². The van der Waals surface area contributed by atoms with Gasteiger partial charge in [0.1, 0.15) is 0 Å². The highest BCUT2D eigenvalue weighted by Crippen LogP contribution is 2.17. The maximum Gasteiger partial charge on any atom is 0.251 e. The molecule has 0 unspecified atom stereocenters. The van der Waals surface area contributed by atoms with E-state index in [0.717, 1.165) is 16.8 Å². The Balaban J connectivity index is 1.87. The van der Waals surface area contributed by atoms with Crippen LogP contribution in [0, 0.1) is 13.8 Å². The number of nitrogens with zero attached hydrogens (tertiary/aromatic N) is 1. The van der Waals surface area contributed by atoms with Crippen molar-refractivity contribution in [2.45, 2.75) is 13.8 Å². The van der Waals surface area contributed by atoms with Crippen molar-refractivity contribution < 1.29 is 14.4 Å². The highest BCUT2D eigenvalue weighted by molar-refractivity contribution is 5.98. The summed E-state index contributed by atoms with van der Waals surface area (Å²) in [6, 6.07) is 12.4. The predicted molar refractivity (Wildman–Crippen MR) is 111 cm³/mol. The first-order valence-electron chi connectivity index (χ1n) is 8.96. The van der Waals surface area contributed by atoms with Crippen LogP contribution in [-0.2, 0) is 9.59 Å². The molecule has 0 saturated heterocycles. The molecule has 3 N–H and O–H groups in total. The van der Waals surface area contributed by atoms with Crippen LogP contribution in [0.4, 0.5) is 11.4 Å². The summed E-state index contributed by atoms with van der Waals surface area (Å²) in [6.07, 6.45) is 0. The molecule has 2 aromatic rings. The van der Waals surface area contributed by atoms with Gasteiger partial charge in [-0.3, -0.25) is 19.3 Å². The van der Waals surface area contributed by atoms with E-state index in [2.05, 4.69) is 16.0 Å². The molecule has 0 aliphatic carbocycles. The molecule has 7 heteroatoms. The maximum absolute atomic E-state index is 12.2. The lowest BCUT2D eigenvalue weighted by Crippen LogP contribution is -2.36. The van der Waals surface area contributed by atoms with Gasteiger partial charge in [-0.2, -0.15) is 0 Å². The van der Waals surface area contributed by atoms with Gasteiger partial charge in [-0.25, -0.2) is 0 Å².